The number of nitrogens with one attached hydrogen (secondary N) is 2. The molecule has 0 bridgehead atoms. The lowest BCUT2D eigenvalue weighted by Crippen LogP contribution is -2.32. The summed E-state index contributed by atoms with van der Waals surface area (Å²) in [4.78, 5) is 12.5. The molecule has 0 atom stereocenters. The molecule has 1 amide bonds. The lowest BCUT2D eigenvalue weighted by molar-refractivity contribution is -0.114. The number of sulfonamides is 1. The van der Waals surface area contributed by atoms with Crippen molar-refractivity contribution < 1.29 is 13.2 Å². The van der Waals surface area contributed by atoms with E-state index in [1.54, 1.807) is 53.7 Å². The molecule has 6 nitrogen and oxygen atoms in total. The summed E-state index contributed by atoms with van der Waals surface area (Å²) in [5, 5.41) is 6.37. The van der Waals surface area contributed by atoms with Crippen molar-refractivity contribution in [3.63, 3.8) is 0 Å². The second-order valence-electron chi connectivity index (χ2n) is 7.21. The minimum absolute atomic E-state index is 0.0227. The van der Waals surface area contributed by atoms with Crippen LogP contribution in [-0.4, -0.2) is 38.3 Å². The molecule has 0 saturated carbocycles. The van der Waals surface area contributed by atoms with Gasteiger partial charge in [0.05, 0.1) is 11.4 Å². The van der Waals surface area contributed by atoms with E-state index in [2.05, 4.69) is 10.6 Å². The molecule has 2 aromatic carbocycles. The first-order chi connectivity index (χ1) is 13.9. The number of anilines is 2. The van der Waals surface area contributed by atoms with Crippen LogP contribution in [0.15, 0.2) is 47.4 Å². The van der Waals surface area contributed by atoms with Crippen molar-refractivity contribution in [1.82, 2.24) is 4.31 Å². The van der Waals surface area contributed by atoms with Crippen LogP contribution >= 0.6 is 11.6 Å². The Labute approximate surface area is 177 Å². The maximum Gasteiger partial charge on any atom is 0.243 e. The van der Waals surface area contributed by atoms with Gasteiger partial charge in [-0.2, -0.15) is 4.31 Å². The van der Waals surface area contributed by atoms with E-state index in [9.17, 15) is 13.2 Å². The second kappa shape index (κ2) is 9.61. The molecule has 0 radical (unpaired) electrons. The Kier molecular flexibility index (Phi) is 7.16. The molecule has 8 heteroatoms. The molecule has 0 aliphatic carbocycles. The molecule has 0 aromatic heterocycles. The van der Waals surface area contributed by atoms with Crippen molar-refractivity contribution in [3.05, 3.63) is 53.1 Å². The molecule has 2 aromatic rings. The first-order valence-corrected chi connectivity index (χ1v) is 11.6. The topological polar surface area (TPSA) is 78.5 Å². The molecule has 3 rings (SSSR count). The smallest absolute Gasteiger partial charge is 0.243 e. The van der Waals surface area contributed by atoms with Gasteiger partial charge in [-0.3, -0.25) is 4.79 Å². The number of nitrogens with zero attached hydrogens (tertiary/aromatic N) is 1. The van der Waals surface area contributed by atoms with Crippen LogP contribution in [-0.2, 0) is 14.8 Å². The van der Waals surface area contributed by atoms with Crippen LogP contribution in [0.3, 0.4) is 0 Å². The van der Waals surface area contributed by atoms with E-state index in [1.165, 1.54) is 0 Å². The zero-order chi connectivity index (χ0) is 20.9. The number of carbonyl (C=O) groups is 1. The van der Waals surface area contributed by atoms with Crippen LogP contribution in [0.25, 0.3) is 0 Å². The standard InChI is InChI=1S/C21H26ClN3O3S/c1-16-6-9-19(23-15-21(26)24-18-10-7-17(22)8-11-18)14-20(16)29(27,28)25-12-4-2-3-5-13-25/h6-11,14,23H,2-5,12-13,15H2,1H3,(H,24,26). The largest absolute Gasteiger partial charge is 0.376 e. The van der Waals surface area contributed by atoms with Crippen LogP contribution in [0.4, 0.5) is 11.4 Å². The summed E-state index contributed by atoms with van der Waals surface area (Å²) in [5.41, 5.74) is 1.94. The number of amides is 1. The highest BCUT2D eigenvalue weighted by molar-refractivity contribution is 7.89. The quantitative estimate of drug-likeness (QED) is 0.710. The third-order valence-corrected chi connectivity index (χ3v) is 7.24. The SMILES string of the molecule is Cc1ccc(NCC(=O)Nc2ccc(Cl)cc2)cc1S(=O)(=O)N1CCCCCC1. The minimum atomic E-state index is -3.55. The van der Waals surface area contributed by atoms with Gasteiger partial charge in [0.25, 0.3) is 0 Å². The summed E-state index contributed by atoms with van der Waals surface area (Å²) in [6.45, 7) is 2.93. The molecule has 0 spiro atoms. The van der Waals surface area contributed by atoms with Crippen molar-refractivity contribution in [1.29, 1.82) is 0 Å². The molecule has 1 fully saturated rings. The van der Waals surface area contributed by atoms with Crippen molar-refractivity contribution in [2.45, 2.75) is 37.5 Å². The van der Waals surface area contributed by atoms with Crippen LogP contribution in [0.1, 0.15) is 31.2 Å². The Morgan fingerprint density at radius 3 is 2.28 bits per heavy atom. The van der Waals surface area contributed by atoms with Gasteiger partial charge in [0.2, 0.25) is 15.9 Å². The first kappa shape index (κ1) is 21.6. The minimum Gasteiger partial charge on any atom is -0.376 e. The van der Waals surface area contributed by atoms with E-state index in [4.69, 9.17) is 11.6 Å². The van der Waals surface area contributed by atoms with Crippen LogP contribution in [0.2, 0.25) is 5.02 Å². The van der Waals surface area contributed by atoms with E-state index >= 15 is 0 Å². The lowest BCUT2D eigenvalue weighted by atomic mass is 10.2. The predicted molar refractivity (Wildman–Crippen MR) is 117 cm³/mol. The highest BCUT2D eigenvalue weighted by atomic mass is 35.5. The highest BCUT2D eigenvalue weighted by Gasteiger charge is 2.26. The second-order valence-corrected chi connectivity index (χ2v) is 9.55. The number of rotatable bonds is 6. The number of hydrogen-bond donors (Lipinski definition) is 2. The van der Waals surface area contributed by atoms with E-state index in [1.807, 2.05) is 0 Å². The normalized spacial score (nSPS) is 15.5. The van der Waals surface area contributed by atoms with Crippen molar-refractivity contribution in [3.8, 4) is 0 Å². The van der Waals surface area contributed by atoms with Gasteiger partial charge in [-0.15, -0.1) is 0 Å². The molecule has 2 N–H and O–H groups in total. The van der Waals surface area contributed by atoms with Crippen LogP contribution in [0, 0.1) is 6.92 Å². The number of hydrogen-bond acceptors (Lipinski definition) is 4. The van der Waals surface area contributed by atoms with Crippen LogP contribution < -0.4 is 10.6 Å². The number of benzene rings is 2. The Morgan fingerprint density at radius 2 is 1.62 bits per heavy atom. The fraction of sp³-hybridized carbons (Fsp3) is 0.381. The first-order valence-electron chi connectivity index (χ1n) is 9.76. The number of carbonyl (C=O) groups excluding carboxylic acids is 1. The van der Waals surface area contributed by atoms with Crippen molar-refractivity contribution in [2.24, 2.45) is 0 Å². The third kappa shape index (κ3) is 5.72. The number of halogens is 1. The van der Waals surface area contributed by atoms with E-state index < -0.39 is 10.0 Å². The van der Waals surface area contributed by atoms with Gasteiger partial charge in [0, 0.05) is 29.5 Å². The fourth-order valence-electron chi connectivity index (χ4n) is 3.33. The highest BCUT2D eigenvalue weighted by Crippen LogP contribution is 2.25. The monoisotopic (exact) mass is 435 g/mol. The zero-order valence-electron chi connectivity index (χ0n) is 16.4. The van der Waals surface area contributed by atoms with Gasteiger partial charge in [-0.25, -0.2) is 8.42 Å². The number of aryl methyl sites for hydroxylation is 1. The van der Waals surface area contributed by atoms with Gasteiger partial charge >= 0.3 is 0 Å². The van der Waals surface area contributed by atoms with Crippen molar-refractivity contribution in [2.75, 3.05) is 30.3 Å². The summed E-state index contributed by atoms with van der Waals surface area (Å²) in [7, 11) is -3.55. The fourth-order valence-corrected chi connectivity index (χ4v) is 5.22. The van der Waals surface area contributed by atoms with Crippen LogP contribution in [0.5, 0.6) is 0 Å². The van der Waals surface area contributed by atoms with Gasteiger partial charge < -0.3 is 10.6 Å². The summed E-state index contributed by atoms with van der Waals surface area (Å²) < 4.78 is 27.8. The van der Waals surface area contributed by atoms with Gasteiger partial charge in [0.1, 0.15) is 0 Å². The van der Waals surface area contributed by atoms with Gasteiger partial charge in [-0.1, -0.05) is 30.5 Å². The maximum atomic E-state index is 13.1. The molecule has 1 heterocycles. The molecule has 0 unspecified atom stereocenters. The molecule has 1 aliphatic heterocycles. The average Bonchev–Trinajstić information content (AvgIpc) is 2.99. The molecule has 156 valence electrons. The zero-order valence-corrected chi connectivity index (χ0v) is 18.0. The third-order valence-electron chi connectivity index (χ3n) is 4.95. The Balaban J connectivity index is 1.68. The van der Waals surface area contributed by atoms with Gasteiger partial charge in [-0.05, 0) is 61.7 Å². The van der Waals surface area contributed by atoms with E-state index in [-0.39, 0.29) is 12.5 Å². The lowest BCUT2D eigenvalue weighted by Gasteiger charge is -2.21. The molecule has 29 heavy (non-hydrogen) atoms. The van der Waals surface area contributed by atoms with Crippen molar-refractivity contribution >= 4 is 38.9 Å². The Bertz CT molecular complexity index is 954. The Hall–Kier alpha value is -2.09. The summed E-state index contributed by atoms with van der Waals surface area (Å²) in [5.74, 6) is -0.232. The van der Waals surface area contributed by atoms with E-state index in [0.29, 0.717) is 39.9 Å². The molecular formula is C21H26ClN3O3S. The summed E-state index contributed by atoms with van der Waals surface area (Å²) in [6.07, 6.45) is 3.91. The van der Waals surface area contributed by atoms with Gasteiger partial charge in [0.15, 0.2) is 0 Å². The predicted octanol–water partition coefficient (Wildman–Crippen LogP) is 4.26. The average molecular weight is 436 g/mol. The Morgan fingerprint density at radius 1 is 1.00 bits per heavy atom. The molecular weight excluding hydrogens is 410 g/mol. The molecule has 1 saturated heterocycles. The molecule has 1 aliphatic rings. The van der Waals surface area contributed by atoms with E-state index in [0.717, 1.165) is 25.7 Å². The summed E-state index contributed by atoms with van der Waals surface area (Å²) >= 11 is 5.84. The maximum absolute atomic E-state index is 13.1. The summed E-state index contributed by atoms with van der Waals surface area (Å²) in [6, 6.07) is 12.0.